The van der Waals surface area contributed by atoms with Crippen molar-refractivity contribution in [2.75, 3.05) is 6.54 Å². The summed E-state index contributed by atoms with van der Waals surface area (Å²) in [5, 5.41) is 12.6. The first-order valence-electron chi connectivity index (χ1n) is 6.33. The SMILES string of the molecule is Cc1ccccc1/C=C/C(=O)NCC1(O)CCC1. The molecule has 1 saturated carbocycles. The maximum absolute atomic E-state index is 11.6. The molecule has 0 saturated heterocycles. The molecule has 2 N–H and O–H groups in total. The second kappa shape index (κ2) is 5.36. The van der Waals surface area contributed by atoms with Crippen LogP contribution in [-0.2, 0) is 4.79 Å². The van der Waals surface area contributed by atoms with Crippen molar-refractivity contribution in [1.82, 2.24) is 5.32 Å². The topological polar surface area (TPSA) is 49.3 Å². The molecule has 0 unspecified atom stereocenters. The molecule has 0 radical (unpaired) electrons. The number of rotatable bonds is 4. The molecule has 1 amide bonds. The molecule has 1 aromatic carbocycles. The Morgan fingerprint density at radius 2 is 2.17 bits per heavy atom. The largest absolute Gasteiger partial charge is 0.388 e. The number of nitrogens with one attached hydrogen (secondary N) is 1. The first kappa shape index (κ1) is 12.8. The minimum atomic E-state index is -0.661. The van der Waals surface area contributed by atoms with Crippen LogP contribution in [0.1, 0.15) is 30.4 Å². The molecule has 0 aliphatic heterocycles. The summed E-state index contributed by atoms with van der Waals surface area (Å²) in [5.74, 6) is -0.154. The van der Waals surface area contributed by atoms with Crippen molar-refractivity contribution in [3.05, 3.63) is 41.5 Å². The highest BCUT2D eigenvalue weighted by Gasteiger charge is 2.34. The molecule has 3 heteroatoms. The standard InChI is InChI=1S/C15H19NO2/c1-12-5-2-3-6-13(12)7-8-14(17)16-11-15(18)9-4-10-15/h2-3,5-8,18H,4,9-11H2,1H3,(H,16,17)/b8-7+. The van der Waals surface area contributed by atoms with Crippen LogP contribution in [0.5, 0.6) is 0 Å². The Kier molecular flexibility index (Phi) is 3.82. The van der Waals surface area contributed by atoms with Gasteiger partial charge in [0.05, 0.1) is 5.60 Å². The fourth-order valence-electron chi connectivity index (χ4n) is 2.01. The maximum Gasteiger partial charge on any atom is 0.244 e. The molecule has 2 rings (SSSR count). The summed E-state index contributed by atoms with van der Waals surface area (Å²) in [4.78, 5) is 11.6. The van der Waals surface area contributed by atoms with Crippen LogP contribution in [0.15, 0.2) is 30.3 Å². The summed E-state index contributed by atoms with van der Waals surface area (Å²) in [5.41, 5.74) is 1.51. The highest BCUT2D eigenvalue weighted by molar-refractivity contribution is 5.91. The zero-order chi connectivity index (χ0) is 13.0. The number of carbonyl (C=O) groups is 1. The molecule has 18 heavy (non-hydrogen) atoms. The lowest BCUT2D eigenvalue weighted by molar-refractivity contribution is -0.118. The predicted octanol–water partition coefficient (Wildman–Crippen LogP) is 2.04. The van der Waals surface area contributed by atoms with Crippen molar-refractivity contribution in [3.8, 4) is 0 Å². The van der Waals surface area contributed by atoms with Gasteiger partial charge in [-0.25, -0.2) is 0 Å². The van der Waals surface area contributed by atoms with Gasteiger partial charge < -0.3 is 10.4 Å². The van der Waals surface area contributed by atoms with Crippen LogP contribution < -0.4 is 5.32 Å². The van der Waals surface area contributed by atoms with Crippen LogP contribution in [0.2, 0.25) is 0 Å². The summed E-state index contributed by atoms with van der Waals surface area (Å²) in [6.07, 6.45) is 5.94. The van der Waals surface area contributed by atoms with Gasteiger partial charge in [-0.05, 0) is 43.4 Å². The molecular weight excluding hydrogens is 226 g/mol. The Hall–Kier alpha value is -1.61. The smallest absolute Gasteiger partial charge is 0.244 e. The lowest BCUT2D eigenvalue weighted by atomic mass is 9.80. The predicted molar refractivity (Wildman–Crippen MR) is 72.0 cm³/mol. The van der Waals surface area contributed by atoms with Crippen LogP contribution in [0.4, 0.5) is 0 Å². The van der Waals surface area contributed by atoms with Crippen molar-refractivity contribution in [3.63, 3.8) is 0 Å². The molecule has 1 aliphatic carbocycles. The molecule has 0 aromatic heterocycles. The number of aryl methyl sites for hydroxylation is 1. The number of hydrogen-bond donors (Lipinski definition) is 2. The normalized spacial score (nSPS) is 17.4. The minimum absolute atomic E-state index is 0.154. The van der Waals surface area contributed by atoms with Gasteiger partial charge in [-0.3, -0.25) is 4.79 Å². The van der Waals surface area contributed by atoms with E-state index in [1.165, 1.54) is 6.08 Å². The third-order valence-corrected chi connectivity index (χ3v) is 3.48. The monoisotopic (exact) mass is 245 g/mol. The van der Waals surface area contributed by atoms with E-state index in [1.807, 2.05) is 31.2 Å². The average Bonchev–Trinajstić information content (AvgIpc) is 2.33. The van der Waals surface area contributed by atoms with Gasteiger partial charge in [0.1, 0.15) is 0 Å². The van der Waals surface area contributed by atoms with E-state index >= 15 is 0 Å². The first-order valence-corrected chi connectivity index (χ1v) is 6.33. The van der Waals surface area contributed by atoms with E-state index in [0.717, 1.165) is 30.4 Å². The molecule has 0 spiro atoms. The van der Waals surface area contributed by atoms with Gasteiger partial charge in [-0.1, -0.05) is 24.3 Å². The summed E-state index contributed by atoms with van der Waals surface area (Å²) in [6.45, 7) is 2.36. The molecule has 1 aromatic rings. The Morgan fingerprint density at radius 3 is 2.78 bits per heavy atom. The average molecular weight is 245 g/mol. The van der Waals surface area contributed by atoms with E-state index in [9.17, 15) is 9.90 Å². The lowest BCUT2D eigenvalue weighted by Gasteiger charge is -2.36. The molecule has 0 atom stereocenters. The molecule has 3 nitrogen and oxygen atoms in total. The second-order valence-corrected chi connectivity index (χ2v) is 4.99. The van der Waals surface area contributed by atoms with Crippen LogP contribution in [0.25, 0.3) is 6.08 Å². The molecule has 96 valence electrons. The van der Waals surface area contributed by atoms with Crippen molar-refractivity contribution in [1.29, 1.82) is 0 Å². The number of aliphatic hydroxyl groups is 1. The van der Waals surface area contributed by atoms with Crippen LogP contribution in [-0.4, -0.2) is 23.2 Å². The third kappa shape index (κ3) is 3.20. The van der Waals surface area contributed by atoms with Crippen LogP contribution >= 0.6 is 0 Å². The van der Waals surface area contributed by atoms with Gasteiger partial charge in [0.2, 0.25) is 5.91 Å². The Labute approximate surface area is 108 Å². The van der Waals surface area contributed by atoms with Crippen molar-refractivity contribution in [2.45, 2.75) is 31.8 Å². The van der Waals surface area contributed by atoms with Gasteiger partial charge in [0.15, 0.2) is 0 Å². The molecule has 1 fully saturated rings. The van der Waals surface area contributed by atoms with E-state index in [-0.39, 0.29) is 5.91 Å². The Morgan fingerprint density at radius 1 is 1.44 bits per heavy atom. The van der Waals surface area contributed by atoms with Crippen molar-refractivity contribution >= 4 is 12.0 Å². The first-order chi connectivity index (χ1) is 8.59. The zero-order valence-electron chi connectivity index (χ0n) is 10.6. The van der Waals surface area contributed by atoms with Gasteiger partial charge in [0.25, 0.3) is 0 Å². The fourth-order valence-corrected chi connectivity index (χ4v) is 2.01. The molecule has 0 heterocycles. The quantitative estimate of drug-likeness (QED) is 0.797. The number of carbonyl (C=O) groups excluding carboxylic acids is 1. The van der Waals surface area contributed by atoms with Gasteiger partial charge in [-0.2, -0.15) is 0 Å². The number of benzene rings is 1. The van der Waals surface area contributed by atoms with Crippen molar-refractivity contribution in [2.24, 2.45) is 0 Å². The zero-order valence-corrected chi connectivity index (χ0v) is 10.6. The Bertz CT molecular complexity index is 461. The number of hydrogen-bond acceptors (Lipinski definition) is 2. The van der Waals surface area contributed by atoms with E-state index in [4.69, 9.17) is 0 Å². The molecular formula is C15H19NO2. The van der Waals surface area contributed by atoms with Gasteiger partial charge >= 0.3 is 0 Å². The summed E-state index contributed by atoms with van der Waals surface area (Å²) in [7, 11) is 0. The van der Waals surface area contributed by atoms with E-state index in [1.54, 1.807) is 6.08 Å². The fraction of sp³-hybridized carbons (Fsp3) is 0.400. The second-order valence-electron chi connectivity index (χ2n) is 4.99. The Balaban J connectivity index is 1.85. The van der Waals surface area contributed by atoms with Crippen molar-refractivity contribution < 1.29 is 9.90 Å². The maximum atomic E-state index is 11.6. The summed E-state index contributed by atoms with van der Waals surface area (Å²) in [6, 6.07) is 7.90. The van der Waals surface area contributed by atoms with Crippen LogP contribution in [0.3, 0.4) is 0 Å². The highest BCUT2D eigenvalue weighted by atomic mass is 16.3. The minimum Gasteiger partial charge on any atom is -0.388 e. The highest BCUT2D eigenvalue weighted by Crippen LogP contribution is 2.30. The van der Waals surface area contributed by atoms with Gasteiger partial charge in [-0.15, -0.1) is 0 Å². The summed E-state index contributed by atoms with van der Waals surface area (Å²) < 4.78 is 0. The van der Waals surface area contributed by atoms with E-state index < -0.39 is 5.60 Å². The molecule has 0 bridgehead atoms. The lowest BCUT2D eigenvalue weighted by Crippen LogP contribution is -2.47. The number of amides is 1. The van der Waals surface area contributed by atoms with E-state index in [2.05, 4.69) is 5.32 Å². The third-order valence-electron chi connectivity index (χ3n) is 3.48. The summed E-state index contributed by atoms with van der Waals surface area (Å²) >= 11 is 0. The molecule has 1 aliphatic rings. The van der Waals surface area contributed by atoms with E-state index in [0.29, 0.717) is 6.54 Å². The van der Waals surface area contributed by atoms with Crippen LogP contribution in [0, 0.1) is 6.92 Å². The van der Waals surface area contributed by atoms with Gasteiger partial charge in [0, 0.05) is 12.6 Å².